The molecule has 0 unspecified atom stereocenters. The van der Waals surface area contributed by atoms with Gasteiger partial charge < -0.3 is 19.5 Å². The van der Waals surface area contributed by atoms with Gasteiger partial charge in [0.2, 0.25) is 0 Å². The monoisotopic (exact) mass is 475 g/mol. The predicted molar refractivity (Wildman–Crippen MR) is 134 cm³/mol. The molecule has 2 aromatic carbocycles. The van der Waals surface area contributed by atoms with Crippen molar-refractivity contribution in [2.45, 2.75) is 51.9 Å². The molecule has 0 saturated heterocycles. The van der Waals surface area contributed by atoms with Gasteiger partial charge >= 0.3 is 5.97 Å². The van der Waals surface area contributed by atoms with Crippen LogP contribution in [0.4, 0.5) is 0 Å². The number of hydrogen-bond acceptors (Lipinski definition) is 6. The second-order valence-electron chi connectivity index (χ2n) is 8.93. The van der Waals surface area contributed by atoms with Crippen LogP contribution in [0.2, 0.25) is 0 Å². The van der Waals surface area contributed by atoms with Gasteiger partial charge in [-0.1, -0.05) is 31.2 Å². The third-order valence-corrected chi connectivity index (χ3v) is 6.60. The summed E-state index contributed by atoms with van der Waals surface area (Å²) in [7, 11) is 1.64. The number of Topliss-reactive ketones (excluding diaryl/α,β-unsaturated/α-hetero) is 1. The van der Waals surface area contributed by atoms with Crippen molar-refractivity contribution in [1.29, 1.82) is 0 Å². The van der Waals surface area contributed by atoms with Gasteiger partial charge in [0.25, 0.3) is 0 Å². The van der Waals surface area contributed by atoms with E-state index in [4.69, 9.17) is 14.2 Å². The van der Waals surface area contributed by atoms with E-state index in [0.29, 0.717) is 30.6 Å². The van der Waals surface area contributed by atoms with E-state index in [1.807, 2.05) is 55.5 Å². The summed E-state index contributed by atoms with van der Waals surface area (Å²) in [6.07, 6.45) is 2.00. The molecule has 0 fully saturated rings. The van der Waals surface area contributed by atoms with Crippen molar-refractivity contribution in [1.82, 2.24) is 5.32 Å². The molecule has 1 aliphatic heterocycles. The number of ether oxygens (including phenoxy) is 3. The smallest absolute Gasteiger partial charge is 0.336 e. The molecular weight excluding hydrogens is 442 g/mol. The van der Waals surface area contributed by atoms with Gasteiger partial charge in [0.1, 0.15) is 11.5 Å². The number of hydrogen-bond donors (Lipinski definition) is 1. The number of esters is 1. The lowest BCUT2D eigenvalue weighted by Crippen LogP contribution is -2.36. The molecule has 0 spiro atoms. The zero-order valence-corrected chi connectivity index (χ0v) is 20.9. The van der Waals surface area contributed by atoms with Crippen LogP contribution in [-0.4, -0.2) is 32.1 Å². The summed E-state index contributed by atoms with van der Waals surface area (Å²) >= 11 is 0. The molecule has 2 aliphatic rings. The van der Waals surface area contributed by atoms with E-state index < -0.39 is 11.9 Å². The number of carbonyl (C=O) groups is 2. The minimum atomic E-state index is -0.477. The summed E-state index contributed by atoms with van der Waals surface area (Å²) in [5.74, 6) is 0.787. The van der Waals surface area contributed by atoms with Gasteiger partial charge in [0.05, 0.1) is 25.9 Å². The molecule has 184 valence electrons. The summed E-state index contributed by atoms with van der Waals surface area (Å²) in [6, 6.07) is 15.6. The summed E-state index contributed by atoms with van der Waals surface area (Å²) in [5, 5.41) is 3.39. The zero-order valence-electron chi connectivity index (χ0n) is 20.9. The summed E-state index contributed by atoms with van der Waals surface area (Å²) in [4.78, 5) is 26.7. The zero-order chi connectivity index (χ0) is 24.9. The molecule has 1 heterocycles. The minimum absolute atomic E-state index is 0.0465. The van der Waals surface area contributed by atoms with Gasteiger partial charge in [0.15, 0.2) is 5.78 Å². The highest BCUT2D eigenvalue weighted by atomic mass is 16.5. The molecule has 6 heteroatoms. The molecule has 0 bridgehead atoms. The number of allylic oxidation sites excluding steroid dienone is 3. The van der Waals surface area contributed by atoms with Crippen LogP contribution < -0.4 is 14.8 Å². The van der Waals surface area contributed by atoms with Gasteiger partial charge in [0, 0.05) is 29.3 Å². The first kappa shape index (κ1) is 24.6. The molecule has 0 aromatic heterocycles. The van der Waals surface area contributed by atoms with E-state index >= 15 is 0 Å². The SMILES string of the molecule is CCCOc1ccc([C@@H]2C(C(=O)OCC)=C(C)NC3=C2C(=O)C[C@H](c2ccc(OC)cc2)C3)cc1. The third kappa shape index (κ3) is 5.11. The molecule has 6 nitrogen and oxygen atoms in total. The summed E-state index contributed by atoms with van der Waals surface area (Å²) in [6.45, 7) is 6.63. The summed E-state index contributed by atoms with van der Waals surface area (Å²) in [5.41, 5.74) is 4.72. The van der Waals surface area contributed by atoms with Crippen molar-refractivity contribution in [2.75, 3.05) is 20.3 Å². The molecular formula is C29H33NO5. The Morgan fingerprint density at radius 3 is 2.26 bits per heavy atom. The Hall–Kier alpha value is -3.54. The van der Waals surface area contributed by atoms with Crippen molar-refractivity contribution in [3.63, 3.8) is 0 Å². The first-order chi connectivity index (χ1) is 17.0. The first-order valence-corrected chi connectivity index (χ1v) is 12.2. The molecule has 1 aliphatic carbocycles. The average Bonchev–Trinajstić information content (AvgIpc) is 2.87. The highest BCUT2D eigenvalue weighted by molar-refractivity contribution is 6.04. The lowest BCUT2D eigenvalue weighted by Gasteiger charge is -2.36. The predicted octanol–water partition coefficient (Wildman–Crippen LogP) is 5.41. The fraction of sp³-hybridized carbons (Fsp3) is 0.379. The molecule has 1 N–H and O–H groups in total. The van der Waals surface area contributed by atoms with Crippen molar-refractivity contribution in [3.05, 3.63) is 82.2 Å². The van der Waals surface area contributed by atoms with E-state index in [2.05, 4.69) is 12.2 Å². The maximum absolute atomic E-state index is 13.6. The second-order valence-corrected chi connectivity index (χ2v) is 8.93. The molecule has 35 heavy (non-hydrogen) atoms. The Morgan fingerprint density at radius 2 is 1.63 bits per heavy atom. The van der Waals surface area contributed by atoms with Crippen LogP contribution in [0, 0.1) is 0 Å². The van der Waals surface area contributed by atoms with Crippen molar-refractivity contribution < 1.29 is 23.8 Å². The lowest BCUT2D eigenvalue weighted by molar-refractivity contribution is -0.138. The highest BCUT2D eigenvalue weighted by Gasteiger charge is 2.41. The van der Waals surface area contributed by atoms with Gasteiger partial charge in [-0.2, -0.15) is 0 Å². The van der Waals surface area contributed by atoms with Crippen molar-refractivity contribution in [3.8, 4) is 11.5 Å². The third-order valence-electron chi connectivity index (χ3n) is 6.60. The van der Waals surface area contributed by atoms with Gasteiger partial charge in [-0.3, -0.25) is 4.79 Å². The summed E-state index contributed by atoms with van der Waals surface area (Å²) < 4.78 is 16.4. The van der Waals surface area contributed by atoms with E-state index in [-0.39, 0.29) is 18.3 Å². The highest BCUT2D eigenvalue weighted by Crippen LogP contribution is 2.46. The van der Waals surface area contributed by atoms with Crippen LogP contribution in [0.1, 0.15) is 63.0 Å². The maximum Gasteiger partial charge on any atom is 0.336 e. The van der Waals surface area contributed by atoms with E-state index in [9.17, 15) is 9.59 Å². The number of dihydropyridines is 1. The maximum atomic E-state index is 13.6. The molecule has 4 rings (SSSR count). The van der Waals surface area contributed by atoms with E-state index in [1.165, 1.54) is 0 Å². The molecule has 2 atom stereocenters. The van der Waals surface area contributed by atoms with Crippen molar-refractivity contribution >= 4 is 11.8 Å². The Labute approximate surface area is 207 Å². The quantitative estimate of drug-likeness (QED) is 0.515. The van der Waals surface area contributed by atoms with Crippen LogP contribution in [-0.2, 0) is 14.3 Å². The molecule has 0 radical (unpaired) electrons. The Bertz CT molecular complexity index is 1140. The first-order valence-electron chi connectivity index (χ1n) is 12.2. The van der Waals surface area contributed by atoms with E-state index in [0.717, 1.165) is 40.4 Å². The molecule has 2 aromatic rings. The van der Waals surface area contributed by atoms with Gasteiger partial charge in [-0.15, -0.1) is 0 Å². The van der Waals surface area contributed by atoms with Gasteiger partial charge in [-0.25, -0.2) is 4.79 Å². The fourth-order valence-electron chi connectivity index (χ4n) is 4.94. The second kappa shape index (κ2) is 10.8. The Balaban J connectivity index is 1.72. The van der Waals surface area contributed by atoms with Gasteiger partial charge in [-0.05, 0) is 68.0 Å². The number of methoxy groups -OCH3 is 1. The normalized spacial score (nSPS) is 19.7. The molecule has 0 amide bonds. The van der Waals surface area contributed by atoms with Crippen LogP contribution in [0.15, 0.2) is 71.1 Å². The number of benzene rings is 2. The van der Waals surface area contributed by atoms with E-state index in [1.54, 1.807) is 14.0 Å². The van der Waals surface area contributed by atoms with Crippen LogP contribution in [0.25, 0.3) is 0 Å². The molecule has 0 saturated carbocycles. The Kier molecular flexibility index (Phi) is 7.59. The van der Waals surface area contributed by atoms with Crippen molar-refractivity contribution in [2.24, 2.45) is 0 Å². The fourth-order valence-corrected chi connectivity index (χ4v) is 4.94. The van der Waals surface area contributed by atoms with Crippen LogP contribution >= 0.6 is 0 Å². The number of carbonyl (C=O) groups excluding carboxylic acids is 2. The number of rotatable bonds is 8. The largest absolute Gasteiger partial charge is 0.497 e. The number of ketones is 1. The minimum Gasteiger partial charge on any atom is -0.497 e. The van der Waals surface area contributed by atoms with Crippen LogP contribution in [0.3, 0.4) is 0 Å². The van der Waals surface area contributed by atoms with Crippen LogP contribution in [0.5, 0.6) is 11.5 Å². The number of nitrogens with one attached hydrogen (secondary N) is 1. The Morgan fingerprint density at radius 1 is 0.971 bits per heavy atom. The topological polar surface area (TPSA) is 73.9 Å². The average molecular weight is 476 g/mol. The standard InChI is InChI=1S/C29H33NO5/c1-5-15-35-23-13-9-20(10-14-23)27-26(29(32)34-6-2)18(3)30-24-16-21(17-25(31)28(24)27)19-7-11-22(33-4)12-8-19/h7-14,21,27,30H,5-6,15-17H2,1-4H3/t21-,27-/m1/s1. The lowest BCUT2D eigenvalue weighted by atomic mass is 9.71.